The summed E-state index contributed by atoms with van der Waals surface area (Å²) >= 11 is 0. The molecule has 1 aromatic carbocycles. The monoisotopic (exact) mass is 454 g/mol. The molecule has 160 valence electrons. The second kappa shape index (κ2) is 10.6. The molecule has 0 bridgehead atoms. The van der Waals surface area contributed by atoms with Gasteiger partial charge in [-0.05, 0) is 44.5 Å². The molecule has 11 heteroatoms. The number of nitrogens with zero attached hydrogens (tertiary/aromatic N) is 1. The van der Waals surface area contributed by atoms with E-state index in [1.807, 2.05) is 11.8 Å². The van der Waals surface area contributed by atoms with E-state index in [0.717, 1.165) is 19.4 Å². The molecule has 0 saturated carbocycles. The lowest BCUT2D eigenvalue weighted by Gasteiger charge is -2.33. The van der Waals surface area contributed by atoms with Gasteiger partial charge in [-0.25, -0.2) is 13.6 Å². The molecular formula is C17H28Cl2N4O4S. The number of hydrogen-bond acceptors (Lipinski definition) is 6. The second-order valence-corrected chi connectivity index (χ2v) is 8.35. The van der Waals surface area contributed by atoms with Gasteiger partial charge in [0.05, 0.1) is 23.7 Å². The Morgan fingerprint density at radius 3 is 2.57 bits per heavy atom. The van der Waals surface area contributed by atoms with Gasteiger partial charge in [-0.15, -0.1) is 24.8 Å². The Hall–Kier alpha value is -1.10. The Morgan fingerprint density at radius 1 is 1.29 bits per heavy atom. The Kier molecular flexibility index (Phi) is 9.45. The predicted molar refractivity (Wildman–Crippen MR) is 113 cm³/mol. The van der Waals surface area contributed by atoms with E-state index in [4.69, 9.17) is 9.88 Å². The number of rotatable bonds is 4. The van der Waals surface area contributed by atoms with Crippen molar-refractivity contribution in [3.63, 3.8) is 0 Å². The highest BCUT2D eigenvalue weighted by atomic mass is 35.5. The number of halogens is 2. The van der Waals surface area contributed by atoms with E-state index in [9.17, 15) is 13.2 Å². The maximum Gasteiger partial charge on any atom is 0.253 e. The van der Waals surface area contributed by atoms with Crippen LogP contribution in [0.1, 0.15) is 30.1 Å². The summed E-state index contributed by atoms with van der Waals surface area (Å²) in [5, 5.41) is 11.7. The van der Waals surface area contributed by atoms with Gasteiger partial charge in [0.25, 0.3) is 5.91 Å². The zero-order valence-corrected chi connectivity index (χ0v) is 18.2. The number of amides is 1. The average molecular weight is 455 g/mol. The summed E-state index contributed by atoms with van der Waals surface area (Å²) in [5.41, 5.74) is 1.03. The van der Waals surface area contributed by atoms with Crippen LogP contribution >= 0.6 is 24.8 Å². The number of morpholine rings is 1. The summed E-state index contributed by atoms with van der Waals surface area (Å²) in [7, 11) is -3.89. The second-order valence-electron chi connectivity index (χ2n) is 6.79. The van der Waals surface area contributed by atoms with Crippen LogP contribution in [0.25, 0.3) is 0 Å². The van der Waals surface area contributed by atoms with Crippen molar-refractivity contribution in [2.45, 2.75) is 36.7 Å². The number of hydrogen-bond donors (Lipinski definition) is 3. The van der Waals surface area contributed by atoms with E-state index >= 15 is 0 Å². The van der Waals surface area contributed by atoms with Gasteiger partial charge >= 0.3 is 0 Å². The fourth-order valence-electron chi connectivity index (χ4n) is 3.44. The van der Waals surface area contributed by atoms with E-state index in [-0.39, 0.29) is 47.7 Å². The molecule has 8 nitrogen and oxygen atoms in total. The summed E-state index contributed by atoms with van der Waals surface area (Å²) in [6, 6.07) is 4.65. The summed E-state index contributed by atoms with van der Waals surface area (Å²) in [4.78, 5) is 14.9. The van der Waals surface area contributed by atoms with Crippen LogP contribution in [0.5, 0.6) is 0 Å². The van der Waals surface area contributed by atoms with Gasteiger partial charge in [0, 0.05) is 30.9 Å². The van der Waals surface area contributed by atoms with Crippen LogP contribution in [-0.4, -0.2) is 59.3 Å². The number of primary sulfonamides is 1. The van der Waals surface area contributed by atoms with Crippen LogP contribution in [0.15, 0.2) is 23.1 Å². The third kappa shape index (κ3) is 5.95. The van der Waals surface area contributed by atoms with Gasteiger partial charge in [-0.2, -0.15) is 0 Å². The summed E-state index contributed by atoms with van der Waals surface area (Å²) in [6.07, 6.45) is 1.88. The Balaban J connectivity index is 0.00000196. The zero-order valence-electron chi connectivity index (χ0n) is 15.7. The minimum absolute atomic E-state index is 0. The molecule has 2 fully saturated rings. The molecule has 4 N–H and O–H groups in total. The van der Waals surface area contributed by atoms with Crippen LogP contribution in [-0.2, 0) is 14.8 Å². The quantitative estimate of drug-likeness (QED) is 0.622. The largest absolute Gasteiger partial charge is 0.378 e. The maximum atomic E-state index is 13.0. The normalized spacial score (nSPS) is 22.6. The van der Waals surface area contributed by atoms with Crippen molar-refractivity contribution in [2.75, 3.05) is 37.7 Å². The molecule has 0 aromatic heterocycles. The minimum atomic E-state index is -3.89. The number of anilines is 1. The van der Waals surface area contributed by atoms with Gasteiger partial charge < -0.3 is 20.3 Å². The van der Waals surface area contributed by atoms with Gasteiger partial charge in [0.2, 0.25) is 10.0 Å². The topological polar surface area (TPSA) is 114 Å². The zero-order chi connectivity index (χ0) is 18.7. The summed E-state index contributed by atoms with van der Waals surface area (Å²) in [6.45, 7) is 5.41. The molecule has 0 spiro atoms. The SMILES string of the molecule is CC1NCCCC1NC(=O)c1cc(S(N)(=O)=O)ccc1N1CCOCC1.Cl.Cl. The number of nitrogens with two attached hydrogens (primary N) is 1. The lowest BCUT2D eigenvalue weighted by atomic mass is 9.99. The molecule has 2 heterocycles. The number of benzene rings is 1. The van der Waals surface area contributed by atoms with E-state index in [1.54, 1.807) is 6.07 Å². The lowest BCUT2D eigenvalue weighted by Crippen LogP contribution is -2.52. The van der Waals surface area contributed by atoms with Gasteiger partial charge in [-0.3, -0.25) is 4.79 Å². The van der Waals surface area contributed by atoms with Crippen molar-refractivity contribution in [3.8, 4) is 0 Å². The lowest BCUT2D eigenvalue weighted by molar-refractivity contribution is 0.0918. The van der Waals surface area contributed by atoms with Gasteiger partial charge in [0.15, 0.2) is 0 Å². The summed E-state index contributed by atoms with van der Waals surface area (Å²) in [5.74, 6) is -0.280. The van der Waals surface area contributed by atoms with E-state index in [0.29, 0.717) is 37.6 Å². The molecular weight excluding hydrogens is 427 g/mol. The minimum Gasteiger partial charge on any atom is -0.378 e. The molecule has 2 aliphatic heterocycles. The van der Waals surface area contributed by atoms with Crippen molar-refractivity contribution in [3.05, 3.63) is 23.8 Å². The maximum absolute atomic E-state index is 13.0. The molecule has 28 heavy (non-hydrogen) atoms. The van der Waals surface area contributed by atoms with Crippen LogP contribution in [0, 0.1) is 0 Å². The first-order valence-corrected chi connectivity index (χ1v) is 10.4. The van der Waals surface area contributed by atoms with E-state index in [2.05, 4.69) is 10.6 Å². The molecule has 2 atom stereocenters. The predicted octanol–water partition coefficient (Wildman–Crippen LogP) is 0.885. The molecule has 2 aliphatic rings. The van der Waals surface area contributed by atoms with Crippen molar-refractivity contribution in [1.82, 2.24) is 10.6 Å². The molecule has 0 aliphatic carbocycles. The van der Waals surface area contributed by atoms with Crippen LogP contribution in [0.4, 0.5) is 5.69 Å². The summed E-state index contributed by atoms with van der Waals surface area (Å²) < 4.78 is 28.8. The van der Waals surface area contributed by atoms with Crippen LogP contribution in [0.2, 0.25) is 0 Å². The first-order valence-electron chi connectivity index (χ1n) is 8.90. The fourth-order valence-corrected chi connectivity index (χ4v) is 3.98. The van der Waals surface area contributed by atoms with Crippen molar-refractivity contribution >= 4 is 46.4 Å². The Labute approximate surface area is 178 Å². The third-order valence-corrected chi connectivity index (χ3v) is 5.88. The fraction of sp³-hybridized carbons (Fsp3) is 0.588. The highest BCUT2D eigenvalue weighted by Crippen LogP contribution is 2.25. The standard InChI is InChI=1S/C17H26N4O4S.2ClH/c1-12-15(3-2-6-19-12)20-17(22)14-11-13(26(18,23)24)4-5-16(14)21-7-9-25-10-8-21;;/h4-5,11-12,15,19H,2-3,6-10H2,1H3,(H,20,22)(H2,18,23,24);2*1H. The smallest absolute Gasteiger partial charge is 0.253 e. The average Bonchev–Trinajstić information content (AvgIpc) is 2.63. The number of ether oxygens (including phenoxy) is 1. The number of carbonyl (C=O) groups excluding carboxylic acids is 1. The van der Waals surface area contributed by atoms with Gasteiger partial charge in [-0.1, -0.05) is 0 Å². The first kappa shape index (κ1) is 24.9. The highest BCUT2D eigenvalue weighted by molar-refractivity contribution is 7.89. The molecule has 1 amide bonds. The van der Waals surface area contributed by atoms with Crippen LogP contribution in [0.3, 0.4) is 0 Å². The van der Waals surface area contributed by atoms with Crippen LogP contribution < -0.4 is 20.7 Å². The van der Waals surface area contributed by atoms with E-state index < -0.39 is 10.0 Å². The van der Waals surface area contributed by atoms with Gasteiger partial charge in [0.1, 0.15) is 0 Å². The Morgan fingerprint density at radius 2 is 1.96 bits per heavy atom. The molecule has 2 saturated heterocycles. The molecule has 3 rings (SSSR count). The number of sulfonamides is 1. The molecule has 1 aromatic rings. The highest BCUT2D eigenvalue weighted by Gasteiger charge is 2.26. The number of nitrogens with one attached hydrogen (secondary N) is 2. The number of carbonyl (C=O) groups is 1. The first-order chi connectivity index (χ1) is 12.4. The molecule has 0 radical (unpaired) electrons. The van der Waals surface area contributed by atoms with Crippen molar-refractivity contribution < 1.29 is 17.9 Å². The van der Waals surface area contributed by atoms with E-state index in [1.165, 1.54) is 12.1 Å². The van der Waals surface area contributed by atoms with Crippen molar-refractivity contribution in [1.29, 1.82) is 0 Å². The Bertz CT molecular complexity index is 772. The third-order valence-electron chi connectivity index (χ3n) is 4.97. The van der Waals surface area contributed by atoms with Crippen molar-refractivity contribution in [2.24, 2.45) is 5.14 Å². The molecule has 2 unspecified atom stereocenters. The number of piperidine rings is 1.